The molecule has 1 aliphatic carbocycles. The number of nitrogens with one attached hydrogen (secondary N) is 1. The van der Waals surface area contributed by atoms with Crippen molar-refractivity contribution in [3.05, 3.63) is 40.3 Å². The van der Waals surface area contributed by atoms with E-state index in [1.54, 1.807) is 6.08 Å². The number of esters is 2. The number of benzene rings is 1. The van der Waals surface area contributed by atoms with Gasteiger partial charge in [0.2, 0.25) is 10.0 Å². The van der Waals surface area contributed by atoms with Crippen LogP contribution in [0.1, 0.15) is 24.0 Å². The van der Waals surface area contributed by atoms with Gasteiger partial charge in [-0.3, -0.25) is 9.59 Å². The number of aryl methyl sites for hydroxylation is 1. The largest absolute Gasteiger partial charge is 0.469 e. The van der Waals surface area contributed by atoms with Crippen LogP contribution >= 0.6 is 0 Å². The molecule has 0 aromatic heterocycles. The zero-order chi connectivity index (χ0) is 17.7. The number of hydrogen-bond donors (Lipinski definition) is 1. The minimum Gasteiger partial charge on any atom is -0.469 e. The van der Waals surface area contributed by atoms with Crippen molar-refractivity contribution in [2.45, 2.75) is 25.3 Å². The highest BCUT2D eigenvalue weighted by atomic mass is 32.2. The summed E-state index contributed by atoms with van der Waals surface area (Å²) in [6, 6.07) is 6.17. The van der Waals surface area contributed by atoms with Crippen LogP contribution < -0.4 is 4.72 Å². The monoisotopic (exact) mass is 353 g/mol. The van der Waals surface area contributed by atoms with E-state index < -0.39 is 34.4 Å². The Labute approximate surface area is 140 Å². The number of ether oxygens (including phenoxy) is 2. The van der Waals surface area contributed by atoms with E-state index in [2.05, 4.69) is 14.2 Å². The molecule has 1 aliphatic rings. The summed E-state index contributed by atoms with van der Waals surface area (Å²) in [5.74, 6) is -1.56. The molecule has 0 heterocycles. The van der Waals surface area contributed by atoms with E-state index in [-0.39, 0.29) is 4.91 Å². The molecule has 0 bridgehead atoms. The highest BCUT2D eigenvalue weighted by Crippen LogP contribution is 2.26. The van der Waals surface area contributed by atoms with E-state index >= 15 is 0 Å². The molecular weight excluding hydrogens is 334 g/mol. The number of sulfonamides is 1. The van der Waals surface area contributed by atoms with E-state index in [4.69, 9.17) is 0 Å². The number of allylic oxidation sites excluding steroid dienone is 1. The molecule has 0 fully saturated rings. The molecule has 0 saturated heterocycles. The second-order valence-corrected chi connectivity index (χ2v) is 7.05. The molecule has 1 atom stereocenters. The molecule has 1 aromatic carbocycles. The van der Waals surface area contributed by atoms with E-state index in [1.807, 2.05) is 24.3 Å². The highest BCUT2D eigenvalue weighted by molar-refractivity contribution is 7.93. The topological polar surface area (TPSA) is 98.8 Å². The van der Waals surface area contributed by atoms with Crippen molar-refractivity contribution in [1.82, 2.24) is 4.72 Å². The molecule has 0 aliphatic heterocycles. The molecule has 0 radical (unpaired) electrons. The van der Waals surface area contributed by atoms with Crippen LogP contribution in [0.4, 0.5) is 0 Å². The van der Waals surface area contributed by atoms with Gasteiger partial charge in [-0.15, -0.1) is 0 Å². The third kappa shape index (κ3) is 4.21. The highest BCUT2D eigenvalue weighted by Gasteiger charge is 2.31. The average Bonchev–Trinajstić information content (AvgIpc) is 2.59. The molecule has 130 valence electrons. The van der Waals surface area contributed by atoms with Crippen molar-refractivity contribution in [2.24, 2.45) is 0 Å². The van der Waals surface area contributed by atoms with Gasteiger partial charge < -0.3 is 9.47 Å². The quantitative estimate of drug-likeness (QED) is 0.766. The third-order valence-electron chi connectivity index (χ3n) is 3.74. The molecule has 0 amide bonds. The van der Waals surface area contributed by atoms with Crippen LogP contribution in [0.2, 0.25) is 0 Å². The Bertz CT molecular complexity index is 769. The van der Waals surface area contributed by atoms with Gasteiger partial charge in [0.25, 0.3) is 0 Å². The fraction of sp³-hybridized carbons (Fsp3) is 0.375. The van der Waals surface area contributed by atoms with Crippen molar-refractivity contribution < 1.29 is 27.5 Å². The molecular formula is C16H19NO6S. The molecule has 0 unspecified atom stereocenters. The van der Waals surface area contributed by atoms with Gasteiger partial charge in [0, 0.05) is 0 Å². The predicted molar refractivity (Wildman–Crippen MR) is 87.2 cm³/mol. The van der Waals surface area contributed by atoms with Crippen LogP contribution in [0.15, 0.2) is 29.2 Å². The fourth-order valence-corrected chi connectivity index (χ4v) is 3.80. The van der Waals surface area contributed by atoms with Crippen LogP contribution in [-0.2, 0) is 35.5 Å². The maximum Gasteiger partial charge on any atom is 0.324 e. The number of methoxy groups -OCH3 is 2. The maximum absolute atomic E-state index is 12.6. The number of rotatable bonds is 6. The van der Waals surface area contributed by atoms with E-state index in [0.29, 0.717) is 12.8 Å². The lowest BCUT2D eigenvalue weighted by molar-refractivity contribution is -0.149. The number of fused-ring (bicyclic) bond motifs is 1. The molecule has 24 heavy (non-hydrogen) atoms. The van der Waals surface area contributed by atoms with Crippen LogP contribution in [0.5, 0.6) is 0 Å². The average molecular weight is 353 g/mol. The lowest BCUT2D eigenvalue weighted by atomic mass is 9.98. The van der Waals surface area contributed by atoms with E-state index in [0.717, 1.165) is 25.3 Å². The minimum absolute atomic E-state index is 0.167. The Balaban J connectivity index is 2.24. The van der Waals surface area contributed by atoms with Crippen molar-refractivity contribution >= 4 is 28.0 Å². The van der Waals surface area contributed by atoms with Crippen LogP contribution in [0.3, 0.4) is 0 Å². The Morgan fingerprint density at radius 3 is 2.54 bits per heavy atom. The molecule has 0 spiro atoms. The van der Waals surface area contributed by atoms with Gasteiger partial charge in [0.15, 0.2) is 0 Å². The van der Waals surface area contributed by atoms with Crippen LogP contribution in [0.25, 0.3) is 6.08 Å². The van der Waals surface area contributed by atoms with Crippen LogP contribution in [0, 0.1) is 0 Å². The molecule has 2 rings (SSSR count). The van der Waals surface area contributed by atoms with Gasteiger partial charge >= 0.3 is 11.9 Å². The van der Waals surface area contributed by atoms with Crippen molar-refractivity contribution in [1.29, 1.82) is 0 Å². The summed E-state index contributed by atoms with van der Waals surface area (Å²) >= 11 is 0. The van der Waals surface area contributed by atoms with E-state index in [1.165, 1.54) is 0 Å². The summed E-state index contributed by atoms with van der Waals surface area (Å²) in [5, 5.41) is 0. The van der Waals surface area contributed by atoms with Gasteiger partial charge in [-0.25, -0.2) is 8.42 Å². The molecule has 1 aromatic rings. The SMILES string of the molecule is COC(=O)C[C@@H](NS(=O)(=O)C1=Cc2ccccc2CC1)C(=O)OC. The zero-order valence-electron chi connectivity index (χ0n) is 13.4. The van der Waals surface area contributed by atoms with E-state index in [9.17, 15) is 18.0 Å². The van der Waals surface area contributed by atoms with Gasteiger partial charge in [-0.2, -0.15) is 4.72 Å². The second kappa shape index (κ2) is 7.59. The van der Waals surface area contributed by atoms with Gasteiger partial charge in [-0.1, -0.05) is 24.3 Å². The Kier molecular flexibility index (Phi) is 5.74. The summed E-state index contributed by atoms with van der Waals surface area (Å²) in [6.45, 7) is 0. The minimum atomic E-state index is -3.93. The molecule has 7 nitrogen and oxygen atoms in total. The standard InChI is InChI=1S/C16H19NO6S/c1-22-15(18)10-14(16(19)23-2)17-24(20,21)13-8-7-11-5-3-4-6-12(11)9-13/h3-6,9,14,17H,7-8,10H2,1-2H3/t14-/m1/s1. The Morgan fingerprint density at radius 2 is 1.88 bits per heavy atom. The summed E-state index contributed by atoms with van der Waals surface area (Å²) in [5.41, 5.74) is 1.89. The lowest BCUT2D eigenvalue weighted by Crippen LogP contribution is -2.43. The first-order chi connectivity index (χ1) is 11.4. The number of carbonyl (C=O) groups is 2. The van der Waals surface area contributed by atoms with Crippen molar-refractivity contribution in [3.8, 4) is 0 Å². The van der Waals surface area contributed by atoms with Crippen molar-refractivity contribution in [3.63, 3.8) is 0 Å². The lowest BCUT2D eigenvalue weighted by Gasteiger charge is -2.20. The zero-order valence-corrected chi connectivity index (χ0v) is 14.3. The fourth-order valence-electron chi connectivity index (χ4n) is 2.45. The maximum atomic E-state index is 12.6. The molecule has 0 saturated carbocycles. The number of hydrogen-bond acceptors (Lipinski definition) is 6. The number of carbonyl (C=O) groups excluding carboxylic acids is 2. The predicted octanol–water partition coefficient (Wildman–Crippen LogP) is 0.998. The van der Waals surface area contributed by atoms with Crippen LogP contribution in [-0.4, -0.2) is 40.6 Å². The summed E-state index contributed by atoms with van der Waals surface area (Å²) in [6.07, 6.45) is 2.04. The normalized spacial score (nSPS) is 15.0. The second-order valence-electron chi connectivity index (χ2n) is 5.29. The Hall–Kier alpha value is -2.19. The third-order valence-corrected chi connectivity index (χ3v) is 5.35. The van der Waals surface area contributed by atoms with Gasteiger partial charge in [-0.05, 0) is 30.0 Å². The first-order valence-electron chi connectivity index (χ1n) is 7.33. The smallest absolute Gasteiger partial charge is 0.324 e. The van der Waals surface area contributed by atoms with Crippen molar-refractivity contribution in [2.75, 3.05) is 14.2 Å². The molecule has 1 N–H and O–H groups in total. The summed E-state index contributed by atoms with van der Waals surface area (Å²) in [7, 11) is -1.65. The summed E-state index contributed by atoms with van der Waals surface area (Å²) in [4.78, 5) is 23.3. The first kappa shape index (κ1) is 18.2. The summed E-state index contributed by atoms with van der Waals surface area (Å²) < 4.78 is 36.4. The first-order valence-corrected chi connectivity index (χ1v) is 8.81. The van der Waals surface area contributed by atoms with Gasteiger partial charge in [0.05, 0.1) is 25.5 Å². The molecule has 8 heteroatoms. The van der Waals surface area contributed by atoms with Gasteiger partial charge in [0.1, 0.15) is 6.04 Å². The Morgan fingerprint density at radius 1 is 1.17 bits per heavy atom.